The minimum absolute atomic E-state index is 0.618. The lowest BCUT2D eigenvalue weighted by Crippen LogP contribution is -2.38. The number of aromatic nitrogens is 3. The van der Waals surface area contributed by atoms with E-state index in [1.165, 1.54) is 0 Å². The van der Waals surface area contributed by atoms with E-state index < -0.39 is 0 Å². The summed E-state index contributed by atoms with van der Waals surface area (Å²) >= 11 is 0. The Labute approximate surface area is 175 Å². The average molecular weight is 406 g/mol. The smallest absolute Gasteiger partial charge is 0.163 e. The number of aromatic amines is 1. The Hall–Kier alpha value is -3.03. The van der Waals surface area contributed by atoms with Crippen molar-refractivity contribution in [2.24, 2.45) is 7.05 Å². The average Bonchev–Trinajstić information content (AvgIpc) is 3.35. The number of nitrogens with one attached hydrogen (secondary N) is 1. The second-order valence-corrected chi connectivity index (χ2v) is 7.60. The van der Waals surface area contributed by atoms with Crippen LogP contribution in [0.2, 0.25) is 0 Å². The summed E-state index contributed by atoms with van der Waals surface area (Å²) in [7, 11) is 3.74. The summed E-state index contributed by atoms with van der Waals surface area (Å²) in [4.78, 5) is 10.2. The maximum Gasteiger partial charge on any atom is 0.163 e. The zero-order chi connectivity index (χ0) is 20.5. The molecule has 1 saturated heterocycles. The summed E-state index contributed by atoms with van der Waals surface area (Å²) in [6, 6.07) is 10.3. The fourth-order valence-electron chi connectivity index (χ4n) is 4.09. The highest BCUT2D eigenvalue weighted by atomic mass is 16.5. The van der Waals surface area contributed by atoms with Gasteiger partial charge in [-0.3, -0.25) is 4.90 Å². The van der Waals surface area contributed by atoms with Gasteiger partial charge in [-0.25, -0.2) is 4.98 Å². The topological polar surface area (TPSA) is 64.5 Å². The molecule has 4 aromatic rings. The van der Waals surface area contributed by atoms with E-state index in [9.17, 15) is 0 Å². The number of fused-ring (bicyclic) bond motifs is 2. The Morgan fingerprint density at radius 2 is 2.03 bits per heavy atom. The fourth-order valence-corrected chi connectivity index (χ4v) is 4.09. The predicted octanol–water partition coefficient (Wildman–Crippen LogP) is 3.44. The summed E-state index contributed by atoms with van der Waals surface area (Å²) in [5.41, 5.74) is 4.14. The number of aryl methyl sites for hydroxylation is 1. The number of benzene rings is 1. The van der Waals surface area contributed by atoms with Crippen molar-refractivity contribution in [2.45, 2.75) is 0 Å². The standard InChI is InChI=1S/C23H26N4O3/c1-26-15-18(19-12-16-4-3-5-24-23(16)25-19)17-13-21(28-2)22(14-20(17)26)30-11-8-27-6-9-29-10-7-27/h3-5,12-15H,6-11H2,1-2H3,(H,24,25). The largest absolute Gasteiger partial charge is 0.493 e. The number of nitrogens with zero attached hydrogens (tertiary/aromatic N) is 3. The fraction of sp³-hybridized carbons (Fsp3) is 0.348. The Morgan fingerprint density at radius 1 is 1.17 bits per heavy atom. The Balaban J connectivity index is 1.45. The Bertz CT molecular complexity index is 1140. The van der Waals surface area contributed by atoms with Gasteiger partial charge in [0.15, 0.2) is 11.5 Å². The van der Waals surface area contributed by atoms with Crippen molar-refractivity contribution in [3.8, 4) is 22.8 Å². The second kappa shape index (κ2) is 8.01. The second-order valence-electron chi connectivity index (χ2n) is 7.60. The van der Waals surface area contributed by atoms with Crippen molar-refractivity contribution in [2.75, 3.05) is 46.6 Å². The molecule has 7 nitrogen and oxygen atoms in total. The van der Waals surface area contributed by atoms with Crippen molar-refractivity contribution in [3.63, 3.8) is 0 Å². The number of methoxy groups -OCH3 is 1. The molecule has 7 heteroatoms. The van der Waals surface area contributed by atoms with Crippen molar-refractivity contribution >= 4 is 21.9 Å². The van der Waals surface area contributed by atoms with E-state index >= 15 is 0 Å². The minimum atomic E-state index is 0.618. The first-order chi connectivity index (χ1) is 14.7. The molecule has 0 aliphatic carbocycles. The molecule has 4 heterocycles. The quantitative estimate of drug-likeness (QED) is 0.531. The van der Waals surface area contributed by atoms with Crippen molar-refractivity contribution in [3.05, 3.63) is 42.7 Å². The molecule has 1 fully saturated rings. The molecule has 1 N–H and O–H groups in total. The number of morpholine rings is 1. The summed E-state index contributed by atoms with van der Waals surface area (Å²) in [5.74, 6) is 1.51. The molecular formula is C23H26N4O3. The lowest BCUT2D eigenvalue weighted by Gasteiger charge is -2.26. The molecule has 1 aromatic carbocycles. The predicted molar refractivity (Wildman–Crippen MR) is 117 cm³/mol. The third-order valence-electron chi connectivity index (χ3n) is 5.73. The molecule has 1 aliphatic rings. The van der Waals surface area contributed by atoms with Crippen LogP contribution in [0.1, 0.15) is 0 Å². The van der Waals surface area contributed by atoms with Gasteiger partial charge in [-0.15, -0.1) is 0 Å². The van der Waals surface area contributed by atoms with Gasteiger partial charge in [0, 0.05) is 67.2 Å². The first-order valence-electron chi connectivity index (χ1n) is 10.3. The molecule has 0 spiro atoms. The molecule has 0 saturated carbocycles. The third kappa shape index (κ3) is 3.51. The van der Waals surface area contributed by atoms with Gasteiger partial charge in [-0.2, -0.15) is 0 Å². The summed E-state index contributed by atoms with van der Waals surface area (Å²) < 4.78 is 19.3. The molecule has 0 bridgehead atoms. The molecule has 0 atom stereocenters. The van der Waals surface area contributed by atoms with Crippen LogP contribution in [0, 0.1) is 0 Å². The minimum Gasteiger partial charge on any atom is -0.493 e. The van der Waals surface area contributed by atoms with Crippen LogP contribution in [0.15, 0.2) is 42.7 Å². The molecule has 5 rings (SSSR count). The molecule has 30 heavy (non-hydrogen) atoms. The maximum absolute atomic E-state index is 6.12. The van der Waals surface area contributed by atoms with Gasteiger partial charge in [0.2, 0.25) is 0 Å². The van der Waals surface area contributed by atoms with E-state index in [2.05, 4.69) is 56.9 Å². The monoisotopic (exact) mass is 406 g/mol. The van der Waals surface area contributed by atoms with Crippen molar-refractivity contribution in [1.29, 1.82) is 0 Å². The molecule has 0 amide bonds. The molecule has 0 radical (unpaired) electrons. The van der Waals surface area contributed by atoms with Crippen LogP contribution in [0.3, 0.4) is 0 Å². The zero-order valence-electron chi connectivity index (χ0n) is 17.4. The van der Waals surface area contributed by atoms with Crippen LogP contribution in [0.4, 0.5) is 0 Å². The highest BCUT2D eigenvalue weighted by Gasteiger charge is 2.17. The number of hydrogen-bond donors (Lipinski definition) is 1. The zero-order valence-corrected chi connectivity index (χ0v) is 17.4. The van der Waals surface area contributed by atoms with Gasteiger partial charge in [0.05, 0.1) is 25.8 Å². The SMILES string of the molecule is COc1cc2c(-c3cc4cccnc4[nH]3)cn(C)c2cc1OCCN1CCOCC1. The highest BCUT2D eigenvalue weighted by molar-refractivity contribution is 5.99. The number of hydrogen-bond acceptors (Lipinski definition) is 5. The lowest BCUT2D eigenvalue weighted by atomic mass is 10.1. The van der Waals surface area contributed by atoms with E-state index in [4.69, 9.17) is 14.2 Å². The first kappa shape index (κ1) is 19.0. The lowest BCUT2D eigenvalue weighted by molar-refractivity contribution is 0.0321. The van der Waals surface area contributed by atoms with Gasteiger partial charge in [-0.05, 0) is 24.3 Å². The van der Waals surface area contributed by atoms with Crippen molar-refractivity contribution in [1.82, 2.24) is 19.4 Å². The molecular weight excluding hydrogens is 380 g/mol. The van der Waals surface area contributed by atoms with E-state index in [0.717, 1.165) is 77.5 Å². The van der Waals surface area contributed by atoms with Crippen molar-refractivity contribution < 1.29 is 14.2 Å². The van der Waals surface area contributed by atoms with Crippen LogP contribution >= 0.6 is 0 Å². The number of rotatable bonds is 6. The summed E-state index contributed by atoms with van der Waals surface area (Å²) in [6.45, 7) is 5.01. The van der Waals surface area contributed by atoms with Crippen LogP contribution in [0.5, 0.6) is 11.5 Å². The van der Waals surface area contributed by atoms with Crippen LogP contribution < -0.4 is 9.47 Å². The van der Waals surface area contributed by atoms with E-state index in [1.807, 2.05) is 6.07 Å². The Kier molecular flexibility index (Phi) is 5.06. The third-order valence-corrected chi connectivity index (χ3v) is 5.73. The highest BCUT2D eigenvalue weighted by Crippen LogP contribution is 2.38. The van der Waals surface area contributed by atoms with E-state index in [1.54, 1.807) is 13.3 Å². The van der Waals surface area contributed by atoms with Crippen LogP contribution in [-0.4, -0.2) is 66.0 Å². The number of H-pyrrole nitrogens is 1. The first-order valence-corrected chi connectivity index (χ1v) is 10.3. The van der Waals surface area contributed by atoms with Gasteiger partial charge in [-0.1, -0.05) is 0 Å². The Morgan fingerprint density at radius 3 is 2.83 bits per heavy atom. The van der Waals surface area contributed by atoms with Crippen LogP contribution in [-0.2, 0) is 11.8 Å². The van der Waals surface area contributed by atoms with Crippen LogP contribution in [0.25, 0.3) is 33.2 Å². The van der Waals surface area contributed by atoms with Gasteiger partial charge >= 0.3 is 0 Å². The van der Waals surface area contributed by atoms with Gasteiger partial charge in [0.25, 0.3) is 0 Å². The van der Waals surface area contributed by atoms with E-state index in [-0.39, 0.29) is 0 Å². The number of ether oxygens (including phenoxy) is 3. The van der Waals surface area contributed by atoms with E-state index in [0.29, 0.717) is 6.61 Å². The van der Waals surface area contributed by atoms with Gasteiger partial charge < -0.3 is 23.8 Å². The molecule has 3 aromatic heterocycles. The summed E-state index contributed by atoms with van der Waals surface area (Å²) in [6.07, 6.45) is 3.93. The maximum atomic E-state index is 6.12. The summed E-state index contributed by atoms with van der Waals surface area (Å²) in [5, 5.41) is 2.21. The number of pyridine rings is 1. The van der Waals surface area contributed by atoms with Gasteiger partial charge in [0.1, 0.15) is 12.3 Å². The molecule has 0 unspecified atom stereocenters. The molecule has 156 valence electrons. The molecule has 1 aliphatic heterocycles. The normalized spacial score (nSPS) is 15.1.